The second-order valence-electron chi connectivity index (χ2n) is 7.92. The van der Waals surface area contributed by atoms with E-state index in [0.717, 1.165) is 5.56 Å². The van der Waals surface area contributed by atoms with Gasteiger partial charge in [0.25, 0.3) is 0 Å². The van der Waals surface area contributed by atoms with E-state index in [2.05, 4.69) is 10.00 Å². The molecule has 1 saturated heterocycles. The quantitative estimate of drug-likeness (QED) is 0.581. The van der Waals surface area contributed by atoms with Crippen LogP contribution in [0, 0.1) is 10.7 Å². The first-order valence-electron chi connectivity index (χ1n) is 10.1. The lowest BCUT2D eigenvalue weighted by Crippen LogP contribution is -2.39. The van der Waals surface area contributed by atoms with Crippen molar-refractivity contribution in [3.05, 3.63) is 40.7 Å². The zero-order valence-corrected chi connectivity index (χ0v) is 18.1. The van der Waals surface area contributed by atoms with Crippen LogP contribution in [0.25, 0.3) is 0 Å². The Labute approximate surface area is 179 Å². The minimum Gasteiger partial charge on any atom is -0.378 e. The highest BCUT2D eigenvalue weighted by Crippen LogP contribution is 2.21. The van der Waals surface area contributed by atoms with E-state index in [9.17, 15) is 13.2 Å². The van der Waals surface area contributed by atoms with Gasteiger partial charge in [-0.25, -0.2) is 4.68 Å². The van der Waals surface area contributed by atoms with E-state index in [1.54, 1.807) is 0 Å². The number of anilines is 1. The van der Waals surface area contributed by atoms with Crippen LogP contribution in [0.4, 0.5) is 19.1 Å². The van der Waals surface area contributed by atoms with E-state index >= 15 is 0 Å². The zero-order chi connectivity index (χ0) is 21.7. The fraction of sp³-hybridized carbons (Fsp3) is 0.600. The number of hydrogen-bond donors (Lipinski definition) is 0. The predicted molar refractivity (Wildman–Crippen MR) is 112 cm³/mol. The Balaban J connectivity index is 1.92. The summed E-state index contributed by atoms with van der Waals surface area (Å²) < 4.78 is 48.6. The fourth-order valence-corrected chi connectivity index (χ4v) is 3.80. The average molecular weight is 444 g/mol. The third-order valence-corrected chi connectivity index (χ3v) is 5.17. The first-order chi connectivity index (χ1) is 14.2. The number of nitrogens with zero attached hydrogens (tertiary/aromatic N) is 5. The van der Waals surface area contributed by atoms with Crippen molar-refractivity contribution in [1.82, 2.24) is 19.2 Å². The highest BCUT2D eigenvalue weighted by atomic mass is 32.1. The van der Waals surface area contributed by atoms with Gasteiger partial charge in [0.15, 0.2) is 0 Å². The number of alkyl halides is 3. The van der Waals surface area contributed by atoms with Gasteiger partial charge in [-0.3, -0.25) is 9.47 Å². The first kappa shape index (κ1) is 22.8. The fourth-order valence-electron chi connectivity index (χ4n) is 3.56. The summed E-state index contributed by atoms with van der Waals surface area (Å²) >= 11 is 5.65. The van der Waals surface area contributed by atoms with Gasteiger partial charge in [0.2, 0.25) is 10.7 Å². The largest absolute Gasteiger partial charge is 0.401 e. The molecule has 166 valence electrons. The Morgan fingerprint density at radius 3 is 2.43 bits per heavy atom. The average Bonchev–Trinajstić information content (AvgIpc) is 2.97. The molecule has 30 heavy (non-hydrogen) atoms. The van der Waals surface area contributed by atoms with E-state index < -0.39 is 12.7 Å². The van der Waals surface area contributed by atoms with Crippen molar-refractivity contribution in [3.8, 4) is 0 Å². The van der Waals surface area contributed by atoms with Gasteiger partial charge < -0.3 is 9.64 Å². The summed E-state index contributed by atoms with van der Waals surface area (Å²) in [7, 11) is 0. The van der Waals surface area contributed by atoms with Crippen LogP contribution in [-0.4, -0.2) is 64.8 Å². The molecule has 3 rings (SSSR count). The molecule has 0 atom stereocenters. The predicted octanol–water partition coefficient (Wildman–Crippen LogP) is 3.78. The maximum Gasteiger partial charge on any atom is 0.401 e. The second-order valence-corrected chi connectivity index (χ2v) is 8.28. The molecule has 0 aliphatic carbocycles. The Kier molecular flexibility index (Phi) is 7.54. The molecule has 1 fully saturated rings. The molecule has 1 aliphatic rings. The summed E-state index contributed by atoms with van der Waals surface area (Å²) in [5.41, 5.74) is 1.05. The van der Waals surface area contributed by atoms with E-state index in [0.29, 0.717) is 50.1 Å². The van der Waals surface area contributed by atoms with Gasteiger partial charge in [-0.1, -0.05) is 44.2 Å². The molecule has 6 nitrogen and oxygen atoms in total. The van der Waals surface area contributed by atoms with Crippen LogP contribution in [0.5, 0.6) is 0 Å². The molecular weight excluding hydrogens is 415 g/mol. The molecule has 2 aromatic rings. The molecular formula is C20H28F3N5OS. The maximum atomic E-state index is 13.1. The van der Waals surface area contributed by atoms with Gasteiger partial charge in [0.1, 0.15) is 0 Å². The minimum atomic E-state index is -4.28. The van der Waals surface area contributed by atoms with Crippen molar-refractivity contribution in [2.75, 3.05) is 44.3 Å². The maximum absolute atomic E-state index is 13.1. The molecule has 0 spiro atoms. The standard InChI is InChI=1S/C20H28F3N5OS/c1-16(2)12-25(14-20(21,22)23)15-28-19(30)27(13-17-6-4-3-5-7-17)18(24-28)26-8-10-29-11-9-26/h3-7,16H,8-15H2,1-2H3. The normalized spacial score (nSPS) is 15.4. The smallest absolute Gasteiger partial charge is 0.378 e. The molecule has 0 bridgehead atoms. The van der Waals surface area contributed by atoms with Crippen LogP contribution in [0.2, 0.25) is 0 Å². The third-order valence-electron chi connectivity index (χ3n) is 4.74. The molecule has 1 aliphatic heterocycles. The first-order valence-corrected chi connectivity index (χ1v) is 10.5. The Morgan fingerprint density at radius 1 is 1.17 bits per heavy atom. The van der Waals surface area contributed by atoms with Crippen LogP contribution in [0.1, 0.15) is 19.4 Å². The SMILES string of the molecule is CC(C)CN(Cn1nc(N2CCOCC2)n(Cc2ccccc2)c1=S)CC(F)(F)F. The second kappa shape index (κ2) is 9.93. The van der Waals surface area contributed by atoms with Crippen molar-refractivity contribution in [2.24, 2.45) is 5.92 Å². The summed E-state index contributed by atoms with van der Waals surface area (Å²) in [5.74, 6) is 0.760. The van der Waals surface area contributed by atoms with Crippen molar-refractivity contribution in [1.29, 1.82) is 0 Å². The van der Waals surface area contributed by atoms with Gasteiger partial charge in [-0.15, -0.1) is 5.10 Å². The summed E-state index contributed by atoms with van der Waals surface area (Å²) in [6.45, 7) is 6.11. The number of benzene rings is 1. The number of aromatic nitrogens is 3. The molecule has 10 heteroatoms. The lowest BCUT2D eigenvalue weighted by atomic mass is 10.2. The summed E-state index contributed by atoms with van der Waals surface area (Å²) in [6, 6.07) is 9.83. The van der Waals surface area contributed by atoms with Gasteiger partial charge in [0.05, 0.1) is 33.0 Å². The number of hydrogen-bond acceptors (Lipinski definition) is 5. The van der Waals surface area contributed by atoms with Crippen molar-refractivity contribution >= 4 is 18.2 Å². The molecule has 1 aromatic heterocycles. The lowest BCUT2D eigenvalue weighted by molar-refractivity contribution is -0.151. The molecule has 2 heterocycles. The van der Waals surface area contributed by atoms with E-state index in [-0.39, 0.29) is 12.6 Å². The van der Waals surface area contributed by atoms with Crippen LogP contribution < -0.4 is 4.90 Å². The molecule has 0 unspecified atom stereocenters. The lowest BCUT2D eigenvalue weighted by Gasteiger charge is -2.27. The van der Waals surface area contributed by atoms with Crippen LogP contribution in [-0.2, 0) is 18.0 Å². The van der Waals surface area contributed by atoms with Crippen molar-refractivity contribution < 1.29 is 17.9 Å². The number of ether oxygens (including phenoxy) is 1. The Morgan fingerprint density at radius 2 is 1.83 bits per heavy atom. The number of rotatable bonds is 8. The Hall–Kier alpha value is -1.91. The minimum absolute atomic E-state index is 0.00431. The number of halogens is 3. The van der Waals surface area contributed by atoms with E-state index in [1.165, 1.54) is 9.58 Å². The summed E-state index contributed by atoms with van der Waals surface area (Å²) in [5, 5.41) is 4.64. The zero-order valence-electron chi connectivity index (χ0n) is 17.3. The number of morpholine rings is 1. The molecule has 0 amide bonds. The van der Waals surface area contributed by atoms with E-state index in [1.807, 2.05) is 48.7 Å². The molecule has 1 aromatic carbocycles. The Bertz CT molecular complexity index is 860. The van der Waals surface area contributed by atoms with Gasteiger partial charge in [-0.05, 0) is 23.7 Å². The van der Waals surface area contributed by atoms with Gasteiger partial charge in [-0.2, -0.15) is 13.2 Å². The van der Waals surface area contributed by atoms with Crippen LogP contribution in [0.3, 0.4) is 0 Å². The molecule has 0 saturated carbocycles. The van der Waals surface area contributed by atoms with Gasteiger partial charge >= 0.3 is 6.18 Å². The summed E-state index contributed by atoms with van der Waals surface area (Å²) in [4.78, 5) is 3.43. The van der Waals surface area contributed by atoms with Crippen molar-refractivity contribution in [3.63, 3.8) is 0 Å². The van der Waals surface area contributed by atoms with Gasteiger partial charge in [0, 0.05) is 19.6 Å². The highest BCUT2D eigenvalue weighted by Gasteiger charge is 2.31. The van der Waals surface area contributed by atoms with E-state index in [4.69, 9.17) is 17.0 Å². The van der Waals surface area contributed by atoms with Crippen molar-refractivity contribution in [2.45, 2.75) is 33.2 Å². The van der Waals surface area contributed by atoms with Crippen LogP contribution in [0.15, 0.2) is 30.3 Å². The monoisotopic (exact) mass is 443 g/mol. The highest BCUT2D eigenvalue weighted by molar-refractivity contribution is 7.71. The third kappa shape index (κ3) is 6.29. The summed E-state index contributed by atoms with van der Waals surface area (Å²) in [6.07, 6.45) is -4.28. The molecule has 0 N–H and O–H groups in total. The van der Waals surface area contributed by atoms with Crippen LogP contribution >= 0.6 is 12.2 Å². The topological polar surface area (TPSA) is 38.5 Å². The molecule has 0 radical (unpaired) electrons.